The monoisotopic (exact) mass is 379 g/mol. The number of nitrogens with zero attached hydrogens (tertiary/aromatic N) is 3. The maximum atomic E-state index is 11.1. The van der Waals surface area contributed by atoms with Gasteiger partial charge in [0.2, 0.25) is 5.88 Å². The lowest BCUT2D eigenvalue weighted by Crippen LogP contribution is -2.02. The van der Waals surface area contributed by atoms with Crippen molar-refractivity contribution in [1.29, 1.82) is 0 Å². The van der Waals surface area contributed by atoms with Crippen LogP contribution in [0.15, 0.2) is 67.3 Å². The van der Waals surface area contributed by atoms with Crippen molar-refractivity contribution < 1.29 is 14.6 Å². The Morgan fingerprint density at radius 1 is 1.19 bits per heavy atom. The quantitative estimate of drug-likeness (QED) is 0.557. The summed E-state index contributed by atoms with van der Waals surface area (Å²) in [6.45, 7) is 0.198. The normalized spacial score (nSPS) is 10.9. The second-order valence-electron chi connectivity index (χ2n) is 5.91. The van der Waals surface area contributed by atoms with Gasteiger partial charge in [-0.1, -0.05) is 23.7 Å². The first-order valence-electron chi connectivity index (χ1n) is 8.14. The molecule has 0 atom stereocenters. The van der Waals surface area contributed by atoms with E-state index in [0.717, 1.165) is 16.6 Å². The smallest absolute Gasteiger partial charge is 0.335 e. The molecule has 0 aliphatic heterocycles. The van der Waals surface area contributed by atoms with Crippen LogP contribution < -0.4 is 4.74 Å². The van der Waals surface area contributed by atoms with E-state index in [9.17, 15) is 4.79 Å². The van der Waals surface area contributed by atoms with Crippen LogP contribution in [0.25, 0.3) is 16.6 Å². The average molecular weight is 380 g/mol. The molecule has 0 spiro atoms. The zero-order valence-electron chi connectivity index (χ0n) is 14.0. The third kappa shape index (κ3) is 3.61. The van der Waals surface area contributed by atoms with Gasteiger partial charge < -0.3 is 14.4 Å². The summed E-state index contributed by atoms with van der Waals surface area (Å²) in [6.07, 6.45) is 5.23. The number of carbonyl (C=O) groups is 1. The Bertz CT molecular complexity index is 1130. The number of ether oxygens (including phenoxy) is 1. The summed E-state index contributed by atoms with van der Waals surface area (Å²) in [6, 6.07) is 13.9. The zero-order chi connectivity index (χ0) is 18.8. The third-order valence-corrected chi connectivity index (χ3v) is 4.30. The van der Waals surface area contributed by atoms with Crippen LogP contribution in [0.5, 0.6) is 5.88 Å². The molecule has 0 radical (unpaired) electrons. The van der Waals surface area contributed by atoms with Gasteiger partial charge in [-0.05, 0) is 35.9 Å². The molecular weight excluding hydrogens is 366 g/mol. The molecule has 27 heavy (non-hydrogen) atoms. The summed E-state index contributed by atoms with van der Waals surface area (Å²) in [5, 5.41) is 10.6. The van der Waals surface area contributed by atoms with E-state index in [0.29, 0.717) is 16.4 Å². The summed E-state index contributed by atoms with van der Waals surface area (Å²) in [7, 11) is 0. The second kappa shape index (κ2) is 7.09. The number of aromatic nitrogens is 3. The highest BCUT2D eigenvalue weighted by atomic mass is 35.5. The first-order chi connectivity index (χ1) is 13.1. The number of carboxylic acids is 1. The fourth-order valence-corrected chi connectivity index (χ4v) is 2.97. The Morgan fingerprint density at radius 2 is 2.07 bits per heavy atom. The fourth-order valence-electron chi connectivity index (χ4n) is 2.80. The van der Waals surface area contributed by atoms with Crippen LogP contribution in [0, 0.1) is 0 Å². The number of imidazole rings is 1. The number of carboxylic acid groups (broad SMARTS) is 1. The van der Waals surface area contributed by atoms with Crippen molar-refractivity contribution in [3.05, 3.63) is 83.4 Å². The molecule has 4 rings (SSSR count). The summed E-state index contributed by atoms with van der Waals surface area (Å²) < 4.78 is 7.70. The maximum Gasteiger partial charge on any atom is 0.335 e. The minimum absolute atomic E-state index is 0.198. The molecule has 1 N–H and O–H groups in total. The zero-order valence-corrected chi connectivity index (χ0v) is 14.8. The molecule has 6 nitrogen and oxygen atoms in total. The number of rotatable bonds is 5. The molecule has 2 aromatic heterocycles. The van der Waals surface area contributed by atoms with Crippen molar-refractivity contribution in [3.63, 3.8) is 0 Å². The number of pyridine rings is 1. The highest BCUT2D eigenvalue weighted by Gasteiger charge is 2.10. The number of hydrogen-bond acceptors (Lipinski definition) is 4. The van der Waals surface area contributed by atoms with Crippen LogP contribution in [-0.2, 0) is 6.61 Å². The molecular formula is C20H14ClN3O3. The van der Waals surface area contributed by atoms with E-state index >= 15 is 0 Å². The van der Waals surface area contributed by atoms with Crippen LogP contribution >= 0.6 is 11.6 Å². The van der Waals surface area contributed by atoms with Crippen molar-refractivity contribution in [3.8, 4) is 11.6 Å². The predicted molar refractivity (Wildman–Crippen MR) is 102 cm³/mol. The minimum Gasteiger partial charge on any atom is -0.478 e. The Balaban J connectivity index is 1.70. The van der Waals surface area contributed by atoms with Crippen LogP contribution in [-0.4, -0.2) is 25.6 Å². The van der Waals surface area contributed by atoms with E-state index in [1.165, 1.54) is 0 Å². The van der Waals surface area contributed by atoms with Crippen molar-refractivity contribution in [2.24, 2.45) is 0 Å². The van der Waals surface area contributed by atoms with Gasteiger partial charge in [-0.3, -0.25) is 0 Å². The molecule has 7 heteroatoms. The molecule has 0 bridgehead atoms. The van der Waals surface area contributed by atoms with E-state index in [2.05, 4.69) is 9.97 Å². The van der Waals surface area contributed by atoms with Gasteiger partial charge >= 0.3 is 5.97 Å². The molecule has 4 aromatic rings. The topological polar surface area (TPSA) is 77.2 Å². The van der Waals surface area contributed by atoms with Gasteiger partial charge in [-0.15, -0.1) is 0 Å². The summed E-state index contributed by atoms with van der Waals surface area (Å²) in [4.78, 5) is 19.7. The SMILES string of the molecule is O=C(O)c1cccc(COc2cc(-n3ccnc3)c3ccc(Cl)cc3n2)c1. The third-order valence-electron chi connectivity index (χ3n) is 4.07. The Kier molecular flexibility index (Phi) is 4.48. The van der Waals surface area contributed by atoms with Gasteiger partial charge in [0, 0.05) is 28.9 Å². The molecule has 0 amide bonds. The highest BCUT2D eigenvalue weighted by molar-refractivity contribution is 6.31. The van der Waals surface area contributed by atoms with Crippen LogP contribution in [0.2, 0.25) is 5.02 Å². The lowest BCUT2D eigenvalue weighted by molar-refractivity contribution is 0.0696. The predicted octanol–water partition coefficient (Wildman–Crippen LogP) is 4.35. The second-order valence-corrected chi connectivity index (χ2v) is 6.34. The minimum atomic E-state index is -0.974. The fraction of sp³-hybridized carbons (Fsp3) is 0.0500. The first-order valence-corrected chi connectivity index (χ1v) is 8.51. The standard InChI is InChI=1S/C20H14ClN3O3/c21-15-4-5-16-17(9-15)23-19(10-18(16)24-7-6-22-12-24)27-11-13-2-1-3-14(8-13)20(25)26/h1-10,12H,11H2,(H,25,26). The van der Waals surface area contributed by atoms with Crippen molar-refractivity contribution in [1.82, 2.24) is 14.5 Å². The number of hydrogen-bond donors (Lipinski definition) is 1. The molecule has 0 aliphatic rings. The Labute approximate surface area is 159 Å². The van der Waals surface area contributed by atoms with E-state index in [1.54, 1.807) is 42.9 Å². The summed E-state index contributed by atoms with van der Waals surface area (Å²) in [5.74, 6) is -0.563. The number of benzene rings is 2. The number of halogens is 1. The van der Waals surface area contributed by atoms with Gasteiger partial charge in [0.25, 0.3) is 0 Å². The van der Waals surface area contributed by atoms with E-state index in [1.807, 2.05) is 29.0 Å². The molecule has 0 fully saturated rings. The Hall–Kier alpha value is -3.38. The largest absolute Gasteiger partial charge is 0.478 e. The Morgan fingerprint density at radius 3 is 2.85 bits per heavy atom. The van der Waals surface area contributed by atoms with E-state index < -0.39 is 5.97 Å². The average Bonchev–Trinajstić information content (AvgIpc) is 3.20. The molecule has 2 aromatic carbocycles. The maximum absolute atomic E-state index is 11.1. The van der Waals surface area contributed by atoms with Gasteiger partial charge in [0.15, 0.2) is 0 Å². The molecule has 0 aliphatic carbocycles. The van der Waals surface area contributed by atoms with E-state index in [4.69, 9.17) is 21.4 Å². The molecule has 2 heterocycles. The molecule has 0 saturated heterocycles. The summed E-state index contributed by atoms with van der Waals surface area (Å²) in [5.41, 5.74) is 2.52. The molecule has 0 unspecified atom stereocenters. The van der Waals surface area contributed by atoms with E-state index in [-0.39, 0.29) is 12.2 Å². The number of aromatic carboxylic acids is 1. The van der Waals surface area contributed by atoms with Gasteiger partial charge in [-0.2, -0.15) is 0 Å². The lowest BCUT2D eigenvalue weighted by Gasteiger charge is -2.12. The van der Waals surface area contributed by atoms with Crippen molar-refractivity contribution >= 4 is 28.5 Å². The van der Waals surface area contributed by atoms with Crippen LogP contribution in [0.3, 0.4) is 0 Å². The van der Waals surface area contributed by atoms with Gasteiger partial charge in [0.1, 0.15) is 6.61 Å². The van der Waals surface area contributed by atoms with Crippen molar-refractivity contribution in [2.75, 3.05) is 0 Å². The molecule has 0 saturated carbocycles. The molecule has 134 valence electrons. The lowest BCUT2D eigenvalue weighted by atomic mass is 10.1. The highest BCUT2D eigenvalue weighted by Crippen LogP contribution is 2.28. The summed E-state index contributed by atoms with van der Waals surface area (Å²) >= 11 is 6.11. The van der Waals surface area contributed by atoms with Gasteiger partial charge in [0.05, 0.1) is 23.1 Å². The first kappa shape index (κ1) is 17.1. The van der Waals surface area contributed by atoms with Gasteiger partial charge in [-0.25, -0.2) is 14.8 Å². The number of fused-ring (bicyclic) bond motifs is 1. The van der Waals surface area contributed by atoms with Crippen LogP contribution in [0.1, 0.15) is 15.9 Å². The van der Waals surface area contributed by atoms with Crippen molar-refractivity contribution in [2.45, 2.75) is 6.61 Å². The van der Waals surface area contributed by atoms with Crippen LogP contribution in [0.4, 0.5) is 0 Å².